The van der Waals surface area contributed by atoms with Gasteiger partial charge in [0.25, 0.3) is 0 Å². The lowest BCUT2D eigenvalue weighted by Gasteiger charge is -2.29. The molecule has 0 aliphatic carbocycles. The van der Waals surface area contributed by atoms with Crippen molar-refractivity contribution in [3.8, 4) is 5.75 Å². The van der Waals surface area contributed by atoms with Crippen LogP contribution in [0, 0.1) is 5.92 Å². The maximum Gasteiger partial charge on any atom is 0.230 e. The van der Waals surface area contributed by atoms with Crippen molar-refractivity contribution in [3.05, 3.63) is 18.2 Å². The minimum atomic E-state index is -3.27. The van der Waals surface area contributed by atoms with Crippen LogP contribution >= 0.6 is 11.3 Å². The minimum absolute atomic E-state index is 0.183. The number of ether oxygens (including phenoxy) is 1. The largest absolute Gasteiger partial charge is 0.494 e. The number of carbonyl (C=O) groups excluding carboxylic acids is 1. The van der Waals surface area contributed by atoms with Crippen molar-refractivity contribution in [2.75, 3.05) is 31.3 Å². The number of anilines is 1. The molecule has 0 saturated carbocycles. The molecule has 1 atom stereocenters. The van der Waals surface area contributed by atoms with E-state index in [0.29, 0.717) is 31.1 Å². The molecule has 1 aromatic carbocycles. The van der Waals surface area contributed by atoms with Crippen molar-refractivity contribution in [2.45, 2.75) is 19.8 Å². The van der Waals surface area contributed by atoms with Gasteiger partial charge in [0.15, 0.2) is 5.13 Å². The van der Waals surface area contributed by atoms with E-state index in [4.69, 9.17) is 4.74 Å². The highest BCUT2D eigenvalue weighted by Crippen LogP contribution is 2.30. The molecule has 0 spiro atoms. The Morgan fingerprint density at radius 1 is 1.48 bits per heavy atom. The van der Waals surface area contributed by atoms with Crippen molar-refractivity contribution in [1.82, 2.24) is 9.29 Å². The van der Waals surface area contributed by atoms with Gasteiger partial charge in [-0.25, -0.2) is 17.7 Å². The second-order valence-electron chi connectivity index (χ2n) is 6.03. The summed E-state index contributed by atoms with van der Waals surface area (Å²) in [5.74, 6) is 0.236. The molecule has 9 heteroatoms. The van der Waals surface area contributed by atoms with Crippen molar-refractivity contribution < 1.29 is 17.9 Å². The van der Waals surface area contributed by atoms with E-state index in [2.05, 4.69) is 10.3 Å². The molecule has 7 nitrogen and oxygen atoms in total. The lowest BCUT2D eigenvalue weighted by atomic mass is 9.99. The fraction of sp³-hybridized carbons (Fsp3) is 0.500. The summed E-state index contributed by atoms with van der Waals surface area (Å²) in [6.45, 7) is 3.22. The molecular formula is C16H21N3O4S2. The van der Waals surface area contributed by atoms with E-state index in [0.717, 1.165) is 16.0 Å². The first-order valence-corrected chi connectivity index (χ1v) is 10.8. The second-order valence-corrected chi connectivity index (χ2v) is 9.04. The molecular weight excluding hydrogens is 362 g/mol. The van der Waals surface area contributed by atoms with E-state index in [1.807, 2.05) is 25.1 Å². The highest BCUT2D eigenvalue weighted by Gasteiger charge is 2.30. The van der Waals surface area contributed by atoms with Gasteiger partial charge in [0.05, 0.1) is 29.0 Å². The van der Waals surface area contributed by atoms with Crippen molar-refractivity contribution >= 4 is 42.6 Å². The summed E-state index contributed by atoms with van der Waals surface area (Å²) in [6.07, 6.45) is 2.54. The molecule has 25 heavy (non-hydrogen) atoms. The van der Waals surface area contributed by atoms with Crippen LogP contribution in [0.2, 0.25) is 0 Å². The lowest BCUT2D eigenvalue weighted by molar-refractivity contribution is -0.120. The Kier molecular flexibility index (Phi) is 5.26. The van der Waals surface area contributed by atoms with E-state index in [-0.39, 0.29) is 18.4 Å². The van der Waals surface area contributed by atoms with Gasteiger partial charge < -0.3 is 10.1 Å². The highest BCUT2D eigenvalue weighted by atomic mass is 32.2. The molecule has 1 aliphatic heterocycles. The predicted octanol–water partition coefficient (Wildman–Crippen LogP) is 2.31. The Labute approximate surface area is 151 Å². The zero-order valence-corrected chi connectivity index (χ0v) is 15.8. The first-order chi connectivity index (χ1) is 11.9. The zero-order valence-electron chi connectivity index (χ0n) is 14.2. The molecule has 1 N–H and O–H groups in total. The molecule has 1 amide bonds. The monoisotopic (exact) mass is 383 g/mol. The lowest BCUT2D eigenvalue weighted by Crippen LogP contribution is -2.43. The number of hydrogen-bond donors (Lipinski definition) is 1. The number of piperidine rings is 1. The van der Waals surface area contributed by atoms with Crippen LogP contribution < -0.4 is 10.1 Å². The summed E-state index contributed by atoms with van der Waals surface area (Å²) in [5.41, 5.74) is 0.796. The number of nitrogens with zero attached hydrogens (tertiary/aromatic N) is 2. The number of fused-ring (bicyclic) bond motifs is 1. The second kappa shape index (κ2) is 7.27. The zero-order chi connectivity index (χ0) is 18.0. The van der Waals surface area contributed by atoms with Gasteiger partial charge in [0.1, 0.15) is 5.75 Å². The van der Waals surface area contributed by atoms with Gasteiger partial charge in [-0.05, 0) is 38.0 Å². The van der Waals surface area contributed by atoms with Crippen molar-refractivity contribution in [2.24, 2.45) is 5.92 Å². The Balaban J connectivity index is 1.71. The quantitative estimate of drug-likeness (QED) is 0.856. The van der Waals surface area contributed by atoms with Gasteiger partial charge >= 0.3 is 0 Å². The third-order valence-corrected chi connectivity index (χ3v) is 6.33. The van der Waals surface area contributed by atoms with Crippen molar-refractivity contribution in [3.63, 3.8) is 0 Å². The van der Waals surface area contributed by atoms with Crippen LogP contribution in [0.4, 0.5) is 5.13 Å². The first-order valence-electron chi connectivity index (χ1n) is 8.16. The van der Waals surface area contributed by atoms with Gasteiger partial charge in [0.2, 0.25) is 15.9 Å². The molecule has 2 heterocycles. The number of benzene rings is 1. The summed E-state index contributed by atoms with van der Waals surface area (Å²) < 4.78 is 31.1. The third-order valence-electron chi connectivity index (χ3n) is 4.12. The molecule has 2 aromatic rings. The average molecular weight is 383 g/mol. The molecule has 1 aliphatic rings. The summed E-state index contributed by atoms with van der Waals surface area (Å²) >= 11 is 1.38. The number of sulfonamides is 1. The van der Waals surface area contributed by atoms with E-state index in [1.165, 1.54) is 21.9 Å². The number of carbonyl (C=O) groups is 1. The number of aromatic nitrogens is 1. The summed E-state index contributed by atoms with van der Waals surface area (Å²) in [4.78, 5) is 16.9. The fourth-order valence-corrected chi connectivity index (χ4v) is 4.69. The maximum absolute atomic E-state index is 12.5. The van der Waals surface area contributed by atoms with Gasteiger partial charge in [-0.2, -0.15) is 0 Å². The third kappa shape index (κ3) is 4.28. The first kappa shape index (κ1) is 18.1. The standard InChI is InChI=1S/C16H21N3O4S2/c1-3-23-12-6-7-13-14(9-12)24-16(17-13)18-15(20)11-5-4-8-19(10-11)25(2,21)22/h6-7,9,11H,3-5,8,10H2,1-2H3,(H,17,18,20)/t11-/m0/s1. The van der Waals surface area contributed by atoms with Gasteiger partial charge in [0, 0.05) is 13.1 Å². The molecule has 136 valence electrons. The average Bonchev–Trinajstić information content (AvgIpc) is 2.96. The van der Waals surface area contributed by atoms with E-state index < -0.39 is 10.0 Å². The van der Waals surface area contributed by atoms with Crippen LogP contribution in [0.5, 0.6) is 5.75 Å². The number of thiazole rings is 1. The summed E-state index contributed by atoms with van der Waals surface area (Å²) in [5, 5.41) is 3.35. The van der Waals surface area contributed by atoms with Crippen LogP contribution in [0.25, 0.3) is 10.2 Å². The van der Waals surface area contributed by atoms with Crippen molar-refractivity contribution in [1.29, 1.82) is 0 Å². The van der Waals surface area contributed by atoms with Gasteiger partial charge in [-0.1, -0.05) is 11.3 Å². The number of nitrogens with one attached hydrogen (secondary N) is 1. The van der Waals surface area contributed by atoms with E-state index >= 15 is 0 Å². The predicted molar refractivity (Wildman–Crippen MR) is 98.6 cm³/mol. The smallest absolute Gasteiger partial charge is 0.230 e. The van der Waals surface area contributed by atoms with Crippen LogP contribution in [-0.2, 0) is 14.8 Å². The van der Waals surface area contributed by atoms with Gasteiger partial charge in [-0.15, -0.1) is 0 Å². The van der Waals surface area contributed by atoms with Gasteiger partial charge in [-0.3, -0.25) is 4.79 Å². The topological polar surface area (TPSA) is 88.6 Å². The number of hydrogen-bond acceptors (Lipinski definition) is 6. The van der Waals surface area contributed by atoms with Crippen LogP contribution in [0.15, 0.2) is 18.2 Å². The Morgan fingerprint density at radius 2 is 2.28 bits per heavy atom. The molecule has 0 bridgehead atoms. The van der Waals surface area contributed by atoms with E-state index in [9.17, 15) is 13.2 Å². The van der Waals surface area contributed by atoms with Crippen LogP contribution in [0.1, 0.15) is 19.8 Å². The van der Waals surface area contributed by atoms with Crippen LogP contribution in [0.3, 0.4) is 0 Å². The Bertz CT molecular complexity index is 879. The molecule has 1 fully saturated rings. The molecule has 3 rings (SSSR count). The SMILES string of the molecule is CCOc1ccc2nc(NC(=O)[C@H]3CCCN(S(C)(=O)=O)C3)sc2c1. The molecule has 1 aromatic heterocycles. The fourth-order valence-electron chi connectivity index (χ4n) is 2.88. The molecule has 0 unspecified atom stereocenters. The van der Waals surface area contributed by atoms with E-state index in [1.54, 1.807) is 0 Å². The minimum Gasteiger partial charge on any atom is -0.494 e. The number of rotatable bonds is 5. The molecule has 0 radical (unpaired) electrons. The Morgan fingerprint density at radius 3 is 3.00 bits per heavy atom. The Hall–Kier alpha value is -1.71. The summed E-state index contributed by atoms with van der Waals surface area (Å²) in [6, 6.07) is 5.61. The number of amides is 1. The normalized spacial score (nSPS) is 19.0. The van der Waals surface area contributed by atoms with Crippen LogP contribution in [-0.4, -0.2) is 49.6 Å². The highest BCUT2D eigenvalue weighted by molar-refractivity contribution is 7.88. The maximum atomic E-state index is 12.5. The summed E-state index contributed by atoms with van der Waals surface area (Å²) in [7, 11) is -3.27. The molecule has 1 saturated heterocycles.